The van der Waals surface area contributed by atoms with Crippen LogP contribution in [-0.2, 0) is 4.74 Å². The van der Waals surface area contributed by atoms with Gasteiger partial charge in [0.2, 0.25) is 0 Å². The molecule has 0 amide bonds. The molecule has 0 aliphatic carbocycles. The van der Waals surface area contributed by atoms with Crippen LogP contribution in [0.15, 0.2) is 36.4 Å². The van der Waals surface area contributed by atoms with Crippen LogP contribution in [0.5, 0.6) is 0 Å². The molecule has 0 spiro atoms. The smallest absolute Gasteiger partial charge is 0.338 e. The lowest BCUT2D eigenvalue weighted by molar-refractivity contribution is -0.384. The molecular formula is C23H30N2O4. The number of rotatable bonds is 8. The topological polar surface area (TPSA) is 72.7 Å². The van der Waals surface area contributed by atoms with Crippen LogP contribution in [-0.4, -0.2) is 31.1 Å². The van der Waals surface area contributed by atoms with E-state index in [4.69, 9.17) is 4.74 Å². The first-order valence-electron chi connectivity index (χ1n) is 9.87. The first kappa shape index (κ1) is 22.4. The van der Waals surface area contributed by atoms with Crippen molar-refractivity contribution in [2.45, 2.75) is 34.6 Å². The quantitative estimate of drug-likeness (QED) is 0.335. The van der Waals surface area contributed by atoms with Crippen LogP contribution in [0.2, 0.25) is 0 Å². The molecule has 0 aliphatic heterocycles. The van der Waals surface area contributed by atoms with Gasteiger partial charge in [-0.3, -0.25) is 10.1 Å². The number of nitro benzene ring substituents is 1. The molecular weight excluding hydrogens is 368 g/mol. The van der Waals surface area contributed by atoms with Gasteiger partial charge in [-0.05, 0) is 41.5 Å². The zero-order chi connectivity index (χ0) is 21.7. The van der Waals surface area contributed by atoms with Crippen LogP contribution < -0.4 is 4.90 Å². The van der Waals surface area contributed by atoms with Crippen molar-refractivity contribution in [3.8, 4) is 11.1 Å². The summed E-state index contributed by atoms with van der Waals surface area (Å²) in [6.07, 6.45) is 0. The normalized spacial score (nSPS) is 11.0. The summed E-state index contributed by atoms with van der Waals surface area (Å²) < 4.78 is 4.93. The van der Waals surface area contributed by atoms with Crippen LogP contribution in [0.4, 0.5) is 11.4 Å². The number of carbonyl (C=O) groups is 1. The molecule has 156 valence electrons. The lowest BCUT2D eigenvalue weighted by atomic mass is 9.95. The Bertz CT molecular complexity index is 880. The first-order valence-corrected chi connectivity index (χ1v) is 9.87. The summed E-state index contributed by atoms with van der Waals surface area (Å²) in [6.45, 7) is 11.7. The maximum Gasteiger partial charge on any atom is 0.338 e. The van der Waals surface area contributed by atoms with Gasteiger partial charge in [-0.15, -0.1) is 0 Å². The van der Waals surface area contributed by atoms with E-state index in [1.54, 1.807) is 18.2 Å². The predicted molar refractivity (Wildman–Crippen MR) is 116 cm³/mol. The fourth-order valence-corrected chi connectivity index (χ4v) is 3.54. The fourth-order valence-electron chi connectivity index (χ4n) is 3.54. The summed E-state index contributed by atoms with van der Waals surface area (Å²) in [5, 5.41) is 11.9. The lowest BCUT2D eigenvalue weighted by Gasteiger charge is -2.28. The predicted octanol–water partition coefficient (Wildman–Crippen LogP) is 5.48. The number of methoxy groups -OCH3 is 1. The number of esters is 1. The molecule has 0 heterocycles. The number of carbonyl (C=O) groups excluding carboxylic acids is 1. The van der Waals surface area contributed by atoms with Crippen molar-refractivity contribution in [2.75, 3.05) is 25.1 Å². The molecule has 2 rings (SSSR count). The van der Waals surface area contributed by atoms with E-state index in [1.165, 1.54) is 7.11 Å². The SMILES string of the molecule is COC(=O)c1c(C)cccc1-c1ccc(N(CC(C)C)CC(C)C)c([N+](=O)[O-])c1. The Morgan fingerprint density at radius 1 is 1.10 bits per heavy atom. The van der Waals surface area contributed by atoms with Gasteiger partial charge in [-0.1, -0.05) is 52.0 Å². The number of hydrogen-bond acceptors (Lipinski definition) is 5. The van der Waals surface area contributed by atoms with E-state index in [2.05, 4.69) is 32.6 Å². The van der Waals surface area contributed by atoms with Crippen molar-refractivity contribution in [2.24, 2.45) is 11.8 Å². The number of nitrogens with zero attached hydrogens (tertiary/aromatic N) is 2. The van der Waals surface area contributed by atoms with E-state index in [-0.39, 0.29) is 10.6 Å². The molecule has 6 nitrogen and oxygen atoms in total. The third-order valence-electron chi connectivity index (χ3n) is 4.66. The van der Waals surface area contributed by atoms with Crippen molar-refractivity contribution >= 4 is 17.3 Å². The highest BCUT2D eigenvalue weighted by Gasteiger charge is 2.24. The Balaban J connectivity index is 2.63. The molecule has 0 aromatic heterocycles. The summed E-state index contributed by atoms with van der Waals surface area (Å²) in [4.78, 5) is 25.9. The van der Waals surface area contributed by atoms with Gasteiger partial charge in [-0.25, -0.2) is 4.79 Å². The second-order valence-electron chi connectivity index (χ2n) is 8.14. The number of anilines is 1. The molecule has 0 radical (unpaired) electrons. The summed E-state index contributed by atoms with van der Waals surface area (Å²) >= 11 is 0. The minimum atomic E-state index is -0.453. The molecule has 0 aliphatic rings. The van der Waals surface area contributed by atoms with E-state index in [0.29, 0.717) is 34.2 Å². The molecule has 0 atom stereocenters. The van der Waals surface area contributed by atoms with Crippen LogP contribution in [0.1, 0.15) is 43.6 Å². The molecule has 0 saturated carbocycles. The van der Waals surface area contributed by atoms with E-state index in [1.807, 2.05) is 25.1 Å². The maximum absolute atomic E-state index is 12.3. The number of ether oxygens (including phenoxy) is 1. The maximum atomic E-state index is 12.3. The second kappa shape index (κ2) is 9.54. The van der Waals surface area contributed by atoms with Gasteiger partial charge in [0.05, 0.1) is 17.6 Å². The van der Waals surface area contributed by atoms with E-state index in [9.17, 15) is 14.9 Å². The summed E-state index contributed by atoms with van der Waals surface area (Å²) in [7, 11) is 1.33. The highest BCUT2D eigenvalue weighted by Crippen LogP contribution is 2.36. The van der Waals surface area contributed by atoms with E-state index < -0.39 is 5.97 Å². The lowest BCUT2D eigenvalue weighted by Crippen LogP contribution is -2.31. The van der Waals surface area contributed by atoms with Gasteiger partial charge in [0.15, 0.2) is 0 Å². The zero-order valence-electron chi connectivity index (χ0n) is 18.1. The Morgan fingerprint density at radius 3 is 2.24 bits per heavy atom. The zero-order valence-corrected chi connectivity index (χ0v) is 18.1. The fraction of sp³-hybridized carbons (Fsp3) is 0.435. The van der Waals surface area contributed by atoms with Crippen molar-refractivity contribution in [1.29, 1.82) is 0 Å². The van der Waals surface area contributed by atoms with Crippen molar-refractivity contribution in [3.63, 3.8) is 0 Å². The Labute approximate surface area is 172 Å². The average molecular weight is 399 g/mol. The largest absolute Gasteiger partial charge is 0.465 e. The number of hydrogen-bond donors (Lipinski definition) is 0. The average Bonchev–Trinajstić information content (AvgIpc) is 2.65. The van der Waals surface area contributed by atoms with Crippen molar-refractivity contribution in [1.82, 2.24) is 0 Å². The monoisotopic (exact) mass is 398 g/mol. The highest BCUT2D eigenvalue weighted by molar-refractivity contribution is 5.99. The van der Waals surface area contributed by atoms with Crippen LogP contribution >= 0.6 is 0 Å². The molecule has 29 heavy (non-hydrogen) atoms. The van der Waals surface area contributed by atoms with Gasteiger partial charge < -0.3 is 9.64 Å². The molecule has 0 unspecified atom stereocenters. The van der Waals surface area contributed by atoms with E-state index >= 15 is 0 Å². The Kier molecular flexibility index (Phi) is 7.37. The number of nitro groups is 1. The highest BCUT2D eigenvalue weighted by atomic mass is 16.6. The van der Waals surface area contributed by atoms with Gasteiger partial charge in [0, 0.05) is 19.2 Å². The second-order valence-corrected chi connectivity index (χ2v) is 8.14. The molecule has 2 aromatic carbocycles. The van der Waals surface area contributed by atoms with Crippen LogP contribution in [0.25, 0.3) is 11.1 Å². The molecule has 2 aromatic rings. The van der Waals surface area contributed by atoms with Crippen LogP contribution in [0.3, 0.4) is 0 Å². The van der Waals surface area contributed by atoms with Gasteiger partial charge in [-0.2, -0.15) is 0 Å². The van der Waals surface area contributed by atoms with Crippen molar-refractivity contribution in [3.05, 3.63) is 57.6 Å². The molecule has 0 saturated heterocycles. The van der Waals surface area contributed by atoms with Gasteiger partial charge in [0.25, 0.3) is 5.69 Å². The Morgan fingerprint density at radius 2 is 1.72 bits per heavy atom. The number of aryl methyl sites for hydroxylation is 1. The third kappa shape index (κ3) is 5.34. The van der Waals surface area contributed by atoms with Gasteiger partial charge >= 0.3 is 5.97 Å². The molecule has 6 heteroatoms. The number of benzene rings is 2. The standard InChI is InChI=1S/C23H30N2O4/c1-15(2)13-24(14-16(3)4)20-11-10-18(12-21(20)25(27)28)19-9-7-8-17(5)22(19)23(26)29-6/h7-12,15-16H,13-14H2,1-6H3. The Hall–Kier alpha value is -2.89. The minimum Gasteiger partial charge on any atom is -0.465 e. The minimum absolute atomic E-state index is 0.0427. The third-order valence-corrected chi connectivity index (χ3v) is 4.66. The molecule has 0 N–H and O–H groups in total. The first-order chi connectivity index (χ1) is 13.6. The van der Waals surface area contributed by atoms with Crippen molar-refractivity contribution < 1.29 is 14.5 Å². The van der Waals surface area contributed by atoms with Gasteiger partial charge in [0.1, 0.15) is 5.69 Å². The molecule has 0 bridgehead atoms. The summed E-state index contributed by atoms with van der Waals surface area (Å²) in [6, 6.07) is 10.6. The van der Waals surface area contributed by atoms with E-state index in [0.717, 1.165) is 18.7 Å². The van der Waals surface area contributed by atoms with Crippen LogP contribution in [0, 0.1) is 28.9 Å². The summed E-state index contributed by atoms with van der Waals surface area (Å²) in [5.74, 6) is 0.289. The molecule has 0 fully saturated rings. The summed E-state index contributed by atoms with van der Waals surface area (Å²) in [5.41, 5.74) is 3.10.